The minimum absolute atomic E-state index is 0.449. The van der Waals surface area contributed by atoms with E-state index in [2.05, 4.69) is 205 Å². The molecule has 10 aromatic rings. The molecule has 308 valence electrons. The summed E-state index contributed by atoms with van der Waals surface area (Å²) in [5, 5.41) is 5.09. The topological polar surface area (TPSA) is 9.86 Å². The molecule has 0 aliphatic heterocycles. The van der Waals surface area contributed by atoms with E-state index in [0.29, 0.717) is 5.92 Å². The first-order valence-corrected chi connectivity index (χ1v) is 22.1. The summed E-state index contributed by atoms with van der Waals surface area (Å²) in [7, 11) is 0. The maximum Gasteiger partial charge on any atom is 0.0541 e. The third-order valence-electron chi connectivity index (χ3n) is 11.2. The number of aryl methyl sites for hydroxylation is 1. The van der Waals surface area contributed by atoms with Crippen LogP contribution in [-0.2, 0) is 6.42 Å². The van der Waals surface area contributed by atoms with E-state index in [1.54, 1.807) is 0 Å². The van der Waals surface area contributed by atoms with Gasteiger partial charge in [-0.25, -0.2) is 0 Å². The number of allylic oxidation sites excluding steroid dienone is 4. The van der Waals surface area contributed by atoms with Crippen LogP contribution >= 0.6 is 0 Å². The molecule has 1 atom stereocenters. The number of hydrogen-bond donors (Lipinski definition) is 0. The van der Waals surface area contributed by atoms with E-state index >= 15 is 0 Å². The standard InChI is InChI=1S/C45H34N2.C7H8.C6H10.C2H6/c1-31(33-14-3-2-4-15-33)27-32-13-11-17-36(28-32)46-44-24-10-7-21-40(44)41-30-35(25-26-45(41)46)34-16-12-18-37(29-34)47-42-22-8-5-19-38(42)39-20-6-9-23-43(39)47;1-7-5-3-2-4-6-7;1-3-5-6-4-2;1-2/h2-26,28-31H,27H2,1H3;2-6H,1H3;3-6H,1-2H3;1-2H3/b;;5-3-,6-4-;. The van der Waals surface area contributed by atoms with Gasteiger partial charge in [0, 0.05) is 32.9 Å². The fourth-order valence-corrected chi connectivity index (χ4v) is 8.29. The Morgan fingerprint density at radius 1 is 0.419 bits per heavy atom. The van der Waals surface area contributed by atoms with Gasteiger partial charge in [0.05, 0.1) is 22.1 Å². The maximum atomic E-state index is 2.43. The van der Waals surface area contributed by atoms with Crippen molar-refractivity contribution >= 4 is 43.6 Å². The van der Waals surface area contributed by atoms with Gasteiger partial charge in [-0.05, 0) is 110 Å². The molecular formula is C60H58N2. The molecule has 10 rings (SSSR count). The quantitative estimate of drug-likeness (QED) is 0.142. The minimum Gasteiger partial charge on any atom is -0.309 e. The van der Waals surface area contributed by atoms with Crippen molar-refractivity contribution in [2.75, 3.05) is 0 Å². The smallest absolute Gasteiger partial charge is 0.0541 e. The first-order chi connectivity index (χ1) is 30.5. The molecule has 0 amide bonds. The molecule has 0 fully saturated rings. The average Bonchev–Trinajstić information content (AvgIpc) is 3.85. The molecule has 2 nitrogen and oxygen atoms in total. The third-order valence-corrected chi connectivity index (χ3v) is 11.2. The maximum absolute atomic E-state index is 2.43. The van der Waals surface area contributed by atoms with Crippen molar-refractivity contribution in [2.24, 2.45) is 0 Å². The van der Waals surface area contributed by atoms with Crippen LogP contribution in [-0.4, -0.2) is 9.13 Å². The highest BCUT2D eigenvalue weighted by molar-refractivity contribution is 6.11. The van der Waals surface area contributed by atoms with Gasteiger partial charge in [-0.3, -0.25) is 0 Å². The first-order valence-electron chi connectivity index (χ1n) is 22.1. The molecule has 0 saturated heterocycles. The zero-order valence-corrected chi connectivity index (χ0v) is 37.0. The molecule has 62 heavy (non-hydrogen) atoms. The van der Waals surface area contributed by atoms with Gasteiger partial charge in [0.1, 0.15) is 0 Å². The second-order valence-corrected chi connectivity index (χ2v) is 15.4. The summed E-state index contributed by atoms with van der Waals surface area (Å²) in [4.78, 5) is 0. The zero-order valence-electron chi connectivity index (χ0n) is 37.0. The van der Waals surface area contributed by atoms with E-state index in [1.807, 2.05) is 70.2 Å². The highest BCUT2D eigenvalue weighted by atomic mass is 15.0. The number of para-hydroxylation sites is 3. The first kappa shape index (κ1) is 42.9. The summed E-state index contributed by atoms with van der Waals surface area (Å²) < 4.78 is 4.82. The molecule has 0 saturated carbocycles. The molecule has 0 aliphatic carbocycles. The summed E-state index contributed by atoms with van der Waals surface area (Å²) in [6.45, 7) is 12.4. The predicted molar refractivity (Wildman–Crippen MR) is 271 cm³/mol. The van der Waals surface area contributed by atoms with E-state index in [1.165, 1.54) is 82.8 Å². The molecule has 1 unspecified atom stereocenters. The van der Waals surface area contributed by atoms with Gasteiger partial charge in [0.2, 0.25) is 0 Å². The lowest BCUT2D eigenvalue weighted by atomic mass is 9.93. The SMILES string of the molecule is C/C=C\C=C/C.CC.CC(Cc1cccc(-n2c3ccccc3c3cc(-c4cccc(-n5c6ccccc6c6ccccc65)c4)ccc32)c1)c1ccccc1.Cc1ccccc1. The van der Waals surface area contributed by atoms with E-state index in [0.717, 1.165) is 6.42 Å². The van der Waals surface area contributed by atoms with Crippen molar-refractivity contribution in [1.82, 2.24) is 9.13 Å². The molecule has 8 aromatic carbocycles. The fraction of sp³-hybridized carbons (Fsp3) is 0.133. The molecule has 0 N–H and O–H groups in total. The Bertz CT molecular complexity index is 2990. The van der Waals surface area contributed by atoms with Crippen LogP contribution < -0.4 is 0 Å². The largest absolute Gasteiger partial charge is 0.309 e. The van der Waals surface area contributed by atoms with Gasteiger partial charge in [-0.15, -0.1) is 0 Å². The molecular weight excluding hydrogens is 749 g/mol. The number of hydrogen-bond acceptors (Lipinski definition) is 0. The number of nitrogens with zero attached hydrogens (tertiary/aromatic N) is 2. The number of aromatic nitrogens is 2. The lowest BCUT2D eigenvalue weighted by Crippen LogP contribution is -2.00. The number of benzene rings is 8. The van der Waals surface area contributed by atoms with Crippen molar-refractivity contribution in [2.45, 2.75) is 53.9 Å². The summed E-state index contributed by atoms with van der Waals surface area (Å²) >= 11 is 0. The Morgan fingerprint density at radius 3 is 1.40 bits per heavy atom. The number of fused-ring (bicyclic) bond motifs is 6. The Hall–Kier alpha value is -7.16. The van der Waals surface area contributed by atoms with Crippen molar-refractivity contribution < 1.29 is 0 Å². The van der Waals surface area contributed by atoms with Crippen molar-refractivity contribution in [3.63, 3.8) is 0 Å². The summed E-state index contributed by atoms with van der Waals surface area (Å²) in [5.74, 6) is 0.449. The average molecular weight is 807 g/mol. The lowest BCUT2D eigenvalue weighted by Gasteiger charge is -2.14. The van der Waals surface area contributed by atoms with Gasteiger partial charge in [0.15, 0.2) is 0 Å². The minimum atomic E-state index is 0.449. The van der Waals surface area contributed by atoms with Crippen molar-refractivity contribution in [3.8, 4) is 22.5 Å². The van der Waals surface area contributed by atoms with Crippen LogP contribution in [0.2, 0.25) is 0 Å². The predicted octanol–water partition coefficient (Wildman–Crippen LogP) is 17.1. The van der Waals surface area contributed by atoms with Gasteiger partial charge in [-0.2, -0.15) is 0 Å². The monoisotopic (exact) mass is 806 g/mol. The van der Waals surface area contributed by atoms with Crippen LogP contribution in [0.25, 0.3) is 66.1 Å². The van der Waals surface area contributed by atoms with E-state index in [4.69, 9.17) is 0 Å². The highest BCUT2D eigenvalue weighted by Crippen LogP contribution is 2.37. The van der Waals surface area contributed by atoms with Crippen LogP contribution in [0.3, 0.4) is 0 Å². The van der Waals surface area contributed by atoms with Gasteiger partial charge < -0.3 is 9.13 Å². The Kier molecular flexibility index (Phi) is 14.5. The second-order valence-electron chi connectivity index (χ2n) is 15.4. The molecule has 2 heteroatoms. The zero-order chi connectivity index (χ0) is 43.3. The van der Waals surface area contributed by atoms with Crippen molar-refractivity contribution in [3.05, 3.63) is 241 Å². The summed E-state index contributed by atoms with van der Waals surface area (Å²) in [6, 6.07) is 72.3. The van der Waals surface area contributed by atoms with E-state index in [9.17, 15) is 0 Å². The van der Waals surface area contributed by atoms with E-state index < -0.39 is 0 Å². The summed E-state index contributed by atoms with van der Waals surface area (Å²) in [6.07, 6.45) is 9.00. The van der Waals surface area contributed by atoms with Gasteiger partial charge in [-0.1, -0.05) is 196 Å². The van der Waals surface area contributed by atoms with Gasteiger partial charge in [0.25, 0.3) is 0 Å². The lowest BCUT2D eigenvalue weighted by molar-refractivity contribution is 0.759. The Labute approximate surface area is 368 Å². The molecule has 0 spiro atoms. The molecule has 0 bridgehead atoms. The normalized spacial score (nSPS) is 11.6. The van der Waals surface area contributed by atoms with Crippen LogP contribution in [0.4, 0.5) is 0 Å². The van der Waals surface area contributed by atoms with Crippen LogP contribution in [0, 0.1) is 6.92 Å². The van der Waals surface area contributed by atoms with Gasteiger partial charge >= 0.3 is 0 Å². The number of rotatable bonds is 7. The molecule has 2 aromatic heterocycles. The van der Waals surface area contributed by atoms with Crippen molar-refractivity contribution in [1.29, 1.82) is 0 Å². The van der Waals surface area contributed by atoms with Crippen LogP contribution in [0.15, 0.2) is 224 Å². The molecule has 0 aliphatic rings. The Balaban J connectivity index is 0.000000331. The molecule has 0 radical (unpaired) electrons. The Morgan fingerprint density at radius 2 is 0.871 bits per heavy atom. The molecule has 2 heterocycles. The highest BCUT2D eigenvalue weighted by Gasteiger charge is 2.16. The fourth-order valence-electron chi connectivity index (χ4n) is 8.29. The summed E-state index contributed by atoms with van der Waals surface area (Å²) in [5.41, 5.74) is 13.8. The van der Waals surface area contributed by atoms with E-state index in [-0.39, 0.29) is 0 Å². The third kappa shape index (κ3) is 9.57. The van der Waals surface area contributed by atoms with Crippen LogP contribution in [0.1, 0.15) is 57.2 Å². The second kappa shape index (κ2) is 20.9. The van der Waals surface area contributed by atoms with Crippen LogP contribution in [0.5, 0.6) is 0 Å².